The number of aromatic carboxylic acids is 1. The minimum absolute atomic E-state index is 0.295. The summed E-state index contributed by atoms with van der Waals surface area (Å²) in [7, 11) is 1.87. The van der Waals surface area contributed by atoms with Gasteiger partial charge in [0.15, 0.2) is 0 Å². The van der Waals surface area contributed by atoms with Gasteiger partial charge in [0.1, 0.15) is 11.6 Å². The molecule has 0 spiro atoms. The number of hydrogen-bond acceptors (Lipinski definition) is 3. The highest BCUT2D eigenvalue weighted by Crippen LogP contribution is 2.35. The van der Waals surface area contributed by atoms with Gasteiger partial charge in [0.2, 0.25) is 0 Å². The Labute approximate surface area is 149 Å². The first-order chi connectivity index (χ1) is 12.5. The number of aryl methyl sites for hydroxylation is 1. The lowest BCUT2D eigenvalue weighted by Crippen LogP contribution is -2.05. The Morgan fingerprint density at radius 3 is 2.73 bits per heavy atom. The molecule has 1 aliphatic heterocycles. The van der Waals surface area contributed by atoms with Crippen molar-refractivity contribution in [3.63, 3.8) is 0 Å². The molecule has 132 valence electrons. The predicted octanol–water partition coefficient (Wildman–Crippen LogP) is 3.45. The maximum absolute atomic E-state index is 14.3. The van der Waals surface area contributed by atoms with E-state index in [1.807, 2.05) is 37.5 Å². The van der Waals surface area contributed by atoms with E-state index >= 15 is 0 Å². The minimum atomic E-state index is -1.26. The molecule has 0 fully saturated rings. The summed E-state index contributed by atoms with van der Waals surface area (Å²) in [5, 5.41) is 13.4. The topological polar surface area (TPSA) is 64.4 Å². The number of fused-ring (bicyclic) bond motifs is 1. The van der Waals surface area contributed by atoms with Crippen LogP contribution in [0.25, 0.3) is 11.1 Å². The van der Waals surface area contributed by atoms with Gasteiger partial charge >= 0.3 is 5.97 Å². The molecule has 4 rings (SSSR count). The molecule has 26 heavy (non-hydrogen) atoms. The van der Waals surface area contributed by atoms with Crippen LogP contribution in [0.2, 0.25) is 0 Å². The summed E-state index contributed by atoms with van der Waals surface area (Å²) < 4.78 is 21.6. The minimum Gasteiger partial charge on any atom is -0.493 e. The molecular formula is C20H17FN2O3. The second kappa shape index (κ2) is 6.29. The average molecular weight is 352 g/mol. The highest BCUT2D eigenvalue weighted by molar-refractivity contribution is 5.89. The van der Waals surface area contributed by atoms with E-state index in [1.165, 1.54) is 6.07 Å². The monoisotopic (exact) mass is 352 g/mol. The summed E-state index contributed by atoms with van der Waals surface area (Å²) in [6.45, 7) is 0.377. The van der Waals surface area contributed by atoms with Gasteiger partial charge in [-0.05, 0) is 22.8 Å². The third-order valence-corrected chi connectivity index (χ3v) is 4.60. The Bertz CT molecular complexity index is 993. The van der Waals surface area contributed by atoms with Crippen LogP contribution in [-0.2, 0) is 19.9 Å². The molecule has 0 aliphatic carbocycles. The molecule has 2 aromatic carbocycles. The van der Waals surface area contributed by atoms with E-state index < -0.39 is 11.8 Å². The molecule has 1 aliphatic rings. The van der Waals surface area contributed by atoms with Crippen LogP contribution in [0.15, 0.2) is 42.7 Å². The molecule has 0 bridgehead atoms. The number of rotatable bonds is 4. The Balaban J connectivity index is 1.66. The van der Waals surface area contributed by atoms with E-state index in [2.05, 4.69) is 5.10 Å². The average Bonchev–Trinajstić information content (AvgIpc) is 3.27. The second-order valence-electron chi connectivity index (χ2n) is 6.38. The van der Waals surface area contributed by atoms with Crippen molar-refractivity contribution in [1.29, 1.82) is 0 Å². The number of ether oxygens (including phenoxy) is 1. The van der Waals surface area contributed by atoms with E-state index in [4.69, 9.17) is 4.74 Å². The van der Waals surface area contributed by atoms with Crippen molar-refractivity contribution in [2.24, 2.45) is 7.05 Å². The van der Waals surface area contributed by atoms with Crippen molar-refractivity contribution in [3.8, 4) is 16.9 Å². The maximum atomic E-state index is 14.3. The van der Waals surface area contributed by atoms with Gasteiger partial charge in [0.05, 0.1) is 18.4 Å². The van der Waals surface area contributed by atoms with Crippen LogP contribution in [0.5, 0.6) is 5.75 Å². The molecule has 0 saturated carbocycles. The molecule has 0 radical (unpaired) electrons. The smallest absolute Gasteiger partial charge is 0.338 e. The molecule has 1 aromatic heterocycles. The molecule has 0 atom stereocenters. The molecule has 0 saturated heterocycles. The largest absolute Gasteiger partial charge is 0.493 e. The lowest BCUT2D eigenvalue weighted by molar-refractivity contribution is 0.0691. The number of aromatic nitrogens is 2. The summed E-state index contributed by atoms with van der Waals surface area (Å²) in [4.78, 5) is 11.3. The Kier molecular flexibility index (Phi) is 3.95. The van der Waals surface area contributed by atoms with E-state index in [9.17, 15) is 14.3 Å². The van der Waals surface area contributed by atoms with Crippen LogP contribution in [0.4, 0.5) is 4.39 Å². The van der Waals surface area contributed by atoms with Crippen LogP contribution >= 0.6 is 0 Å². The fourth-order valence-electron chi connectivity index (χ4n) is 3.31. The van der Waals surface area contributed by atoms with Gasteiger partial charge in [-0.25, -0.2) is 9.18 Å². The number of nitrogens with zero attached hydrogens (tertiary/aromatic N) is 2. The van der Waals surface area contributed by atoms with Crippen molar-refractivity contribution in [1.82, 2.24) is 9.78 Å². The van der Waals surface area contributed by atoms with Crippen molar-refractivity contribution >= 4 is 5.97 Å². The molecule has 1 N–H and O–H groups in total. The number of carbonyl (C=O) groups is 1. The van der Waals surface area contributed by atoms with Gasteiger partial charge in [-0.1, -0.05) is 24.3 Å². The summed E-state index contributed by atoms with van der Waals surface area (Å²) in [6, 6.07) is 9.34. The van der Waals surface area contributed by atoms with Crippen LogP contribution in [-0.4, -0.2) is 27.5 Å². The first kappa shape index (κ1) is 16.3. The van der Waals surface area contributed by atoms with Gasteiger partial charge in [-0.15, -0.1) is 0 Å². The van der Waals surface area contributed by atoms with Gasteiger partial charge < -0.3 is 9.84 Å². The van der Waals surface area contributed by atoms with Gasteiger partial charge in [-0.2, -0.15) is 5.10 Å². The number of carboxylic acids is 1. The van der Waals surface area contributed by atoms with E-state index in [0.717, 1.165) is 16.7 Å². The van der Waals surface area contributed by atoms with Crippen molar-refractivity contribution in [3.05, 3.63) is 70.8 Å². The lowest BCUT2D eigenvalue weighted by atomic mass is 9.96. The van der Waals surface area contributed by atoms with E-state index in [1.54, 1.807) is 10.9 Å². The fourth-order valence-corrected chi connectivity index (χ4v) is 3.31. The van der Waals surface area contributed by atoms with Gasteiger partial charge in [-0.3, -0.25) is 4.68 Å². The normalized spacial score (nSPS) is 12.7. The Hall–Kier alpha value is -3.15. The van der Waals surface area contributed by atoms with Crippen LogP contribution in [0.3, 0.4) is 0 Å². The van der Waals surface area contributed by atoms with E-state index in [-0.39, 0.29) is 5.56 Å². The summed E-state index contributed by atoms with van der Waals surface area (Å²) in [6.07, 6.45) is 4.62. The summed E-state index contributed by atoms with van der Waals surface area (Å²) in [5.41, 5.74) is 3.85. The third-order valence-electron chi connectivity index (χ3n) is 4.60. The fraction of sp³-hybridized carbons (Fsp3) is 0.200. The first-order valence-electron chi connectivity index (χ1n) is 8.31. The number of halogens is 1. The summed E-state index contributed by atoms with van der Waals surface area (Å²) in [5.74, 6) is -1.45. The van der Waals surface area contributed by atoms with Crippen molar-refractivity contribution in [2.45, 2.75) is 12.8 Å². The molecule has 2 heterocycles. The molecular weight excluding hydrogens is 335 g/mol. The number of carboxylic acid groups (broad SMARTS) is 1. The SMILES string of the molecule is Cn1cc(-c2ccc(Cc3cc(C(=O)O)c(F)c4c3OCC4)cc2)cn1. The van der Waals surface area contributed by atoms with Crippen LogP contribution in [0.1, 0.15) is 27.0 Å². The Morgan fingerprint density at radius 1 is 1.31 bits per heavy atom. The molecule has 5 nitrogen and oxygen atoms in total. The molecule has 3 aromatic rings. The van der Waals surface area contributed by atoms with Crippen LogP contribution in [0, 0.1) is 5.82 Å². The Morgan fingerprint density at radius 2 is 2.08 bits per heavy atom. The van der Waals surface area contributed by atoms with E-state index in [0.29, 0.717) is 36.3 Å². The summed E-state index contributed by atoms with van der Waals surface area (Å²) >= 11 is 0. The highest BCUT2D eigenvalue weighted by atomic mass is 19.1. The van der Waals surface area contributed by atoms with Gasteiger partial charge in [0, 0.05) is 37.2 Å². The molecule has 0 unspecified atom stereocenters. The molecule has 0 amide bonds. The maximum Gasteiger partial charge on any atom is 0.338 e. The number of benzene rings is 2. The van der Waals surface area contributed by atoms with Crippen LogP contribution < -0.4 is 4.74 Å². The van der Waals surface area contributed by atoms with Crippen molar-refractivity contribution < 1.29 is 19.0 Å². The molecule has 6 heteroatoms. The van der Waals surface area contributed by atoms with Crippen molar-refractivity contribution in [2.75, 3.05) is 6.61 Å². The van der Waals surface area contributed by atoms with Gasteiger partial charge in [0.25, 0.3) is 0 Å². The zero-order valence-corrected chi connectivity index (χ0v) is 14.2. The zero-order chi connectivity index (χ0) is 18.3. The third kappa shape index (κ3) is 2.83. The highest BCUT2D eigenvalue weighted by Gasteiger charge is 2.26. The number of hydrogen-bond donors (Lipinski definition) is 1. The standard InChI is InChI=1S/C20H17FN2O3/c1-23-11-15(10-22-23)13-4-2-12(3-5-13)8-14-9-17(20(24)25)18(21)16-6-7-26-19(14)16/h2-5,9-11H,6-8H2,1H3,(H,24,25). The lowest BCUT2D eigenvalue weighted by Gasteiger charge is -2.11. The quantitative estimate of drug-likeness (QED) is 0.781. The predicted molar refractivity (Wildman–Crippen MR) is 94.0 cm³/mol. The second-order valence-corrected chi connectivity index (χ2v) is 6.38. The zero-order valence-electron chi connectivity index (χ0n) is 14.2. The first-order valence-corrected chi connectivity index (χ1v) is 8.31.